The van der Waals surface area contributed by atoms with E-state index in [1.807, 2.05) is 0 Å². The van der Waals surface area contributed by atoms with Gasteiger partial charge in [0.05, 0.1) is 19.9 Å². The molecule has 1 aliphatic carbocycles. The predicted molar refractivity (Wildman–Crippen MR) is 120 cm³/mol. The van der Waals surface area contributed by atoms with Gasteiger partial charge in [0.1, 0.15) is 11.3 Å². The van der Waals surface area contributed by atoms with Crippen molar-refractivity contribution < 1.29 is 22.7 Å². The second kappa shape index (κ2) is 9.56. The summed E-state index contributed by atoms with van der Waals surface area (Å²) in [6, 6.07) is 6.91. The molecule has 0 unspecified atom stereocenters. The minimum Gasteiger partial charge on any atom is -0.497 e. The summed E-state index contributed by atoms with van der Waals surface area (Å²) in [4.78, 5) is 28.1. The van der Waals surface area contributed by atoms with Crippen LogP contribution in [0.25, 0.3) is 0 Å². The molecule has 31 heavy (non-hydrogen) atoms. The van der Waals surface area contributed by atoms with Gasteiger partial charge in [-0.15, -0.1) is 0 Å². The summed E-state index contributed by atoms with van der Waals surface area (Å²) in [7, 11) is -2.08. The van der Waals surface area contributed by atoms with E-state index in [4.69, 9.17) is 4.74 Å². The van der Waals surface area contributed by atoms with Crippen LogP contribution in [0.15, 0.2) is 24.3 Å². The molecule has 2 fully saturated rings. The van der Waals surface area contributed by atoms with Gasteiger partial charge in [-0.25, -0.2) is 8.42 Å². The molecule has 0 bridgehead atoms. The van der Waals surface area contributed by atoms with E-state index in [1.54, 1.807) is 38.3 Å². The fraction of sp³-hybridized carbons (Fsp3) is 0.636. The fourth-order valence-electron chi connectivity index (χ4n) is 4.48. The largest absolute Gasteiger partial charge is 0.497 e. The number of hydrogen-bond acceptors (Lipinski definition) is 5. The Hall–Kier alpha value is -2.13. The molecule has 0 aromatic heterocycles. The summed E-state index contributed by atoms with van der Waals surface area (Å²) < 4.78 is 30.8. The van der Waals surface area contributed by atoms with Gasteiger partial charge in [0, 0.05) is 18.3 Å². The lowest BCUT2D eigenvalue weighted by molar-refractivity contribution is -0.133. The number of rotatable bonds is 5. The highest BCUT2D eigenvalue weighted by Crippen LogP contribution is 2.32. The highest BCUT2D eigenvalue weighted by atomic mass is 32.2. The van der Waals surface area contributed by atoms with Crippen molar-refractivity contribution in [1.82, 2.24) is 9.62 Å². The van der Waals surface area contributed by atoms with Crippen molar-refractivity contribution in [2.75, 3.05) is 31.4 Å². The average molecular weight is 452 g/mol. The smallest absolute Gasteiger partial charge is 0.247 e. The second-order valence-electron chi connectivity index (χ2n) is 8.75. The molecule has 1 heterocycles. The van der Waals surface area contributed by atoms with Crippen molar-refractivity contribution in [1.29, 1.82) is 0 Å². The summed E-state index contributed by atoms with van der Waals surface area (Å²) >= 11 is 0. The Bertz CT molecular complexity index is 894. The number of amides is 2. The Morgan fingerprint density at radius 2 is 1.68 bits per heavy atom. The lowest BCUT2D eigenvalue weighted by Gasteiger charge is -2.47. The van der Waals surface area contributed by atoms with Crippen molar-refractivity contribution in [3.63, 3.8) is 0 Å². The van der Waals surface area contributed by atoms with Crippen molar-refractivity contribution in [2.24, 2.45) is 0 Å². The predicted octanol–water partition coefficient (Wildman–Crippen LogP) is 2.29. The van der Waals surface area contributed by atoms with Crippen LogP contribution in [0.1, 0.15) is 51.9 Å². The lowest BCUT2D eigenvalue weighted by Crippen LogP contribution is -2.70. The monoisotopic (exact) mass is 451 g/mol. The van der Waals surface area contributed by atoms with Gasteiger partial charge in [-0.3, -0.25) is 14.5 Å². The van der Waals surface area contributed by atoms with Gasteiger partial charge < -0.3 is 10.1 Å². The molecule has 2 aliphatic rings. The minimum atomic E-state index is -3.64. The van der Waals surface area contributed by atoms with Gasteiger partial charge in [-0.05, 0) is 44.0 Å². The minimum absolute atomic E-state index is 0.0334. The maximum atomic E-state index is 13.6. The quantitative estimate of drug-likeness (QED) is 0.741. The van der Waals surface area contributed by atoms with Crippen LogP contribution in [0.3, 0.4) is 0 Å². The summed E-state index contributed by atoms with van der Waals surface area (Å²) in [6.07, 6.45) is 8.50. The molecule has 8 nitrogen and oxygen atoms in total. The van der Waals surface area contributed by atoms with E-state index in [0.29, 0.717) is 11.4 Å². The van der Waals surface area contributed by atoms with Gasteiger partial charge in [0.25, 0.3) is 0 Å². The second-order valence-corrected chi connectivity index (χ2v) is 10.7. The van der Waals surface area contributed by atoms with Crippen LogP contribution in [-0.4, -0.2) is 62.6 Å². The first-order chi connectivity index (χ1) is 14.6. The number of anilines is 1. The van der Waals surface area contributed by atoms with Crippen molar-refractivity contribution in [3.05, 3.63) is 24.3 Å². The summed E-state index contributed by atoms with van der Waals surface area (Å²) in [6.45, 7) is 1.25. The molecule has 0 spiro atoms. The molecular weight excluding hydrogens is 418 g/mol. The number of benzene rings is 1. The number of nitrogens with zero attached hydrogens (tertiary/aromatic N) is 2. The SMILES string of the molecule is COc1ccc(N2C(=O)CN(S(C)(=O)=O)C[C@]2(C)C(=O)NC2CCCCCCC2)cc1. The van der Waals surface area contributed by atoms with Crippen molar-refractivity contribution in [3.8, 4) is 5.75 Å². The van der Waals surface area contributed by atoms with Gasteiger partial charge in [-0.1, -0.05) is 32.1 Å². The summed E-state index contributed by atoms with van der Waals surface area (Å²) in [5.74, 6) is -0.126. The average Bonchev–Trinajstić information content (AvgIpc) is 2.69. The topological polar surface area (TPSA) is 96.0 Å². The third-order valence-corrected chi connectivity index (χ3v) is 7.46. The highest BCUT2D eigenvalue weighted by molar-refractivity contribution is 7.88. The Balaban J connectivity index is 1.93. The van der Waals surface area contributed by atoms with E-state index in [2.05, 4.69) is 5.32 Å². The van der Waals surface area contributed by atoms with Gasteiger partial charge in [0.2, 0.25) is 21.8 Å². The molecule has 1 saturated carbocycles. The Labute approximate surface area is 185 Å². The Kier molecular flexibility index (Phi) is 7.26. The maximum absolute atomic E-state index is 13.6. The van der Waals surface area contributed by atoms with Crippen molar-refractivity contribution in [2.45, 2.75) is 63.5 Å². The van der Waals surface area contributed by atoms with Gasteiger partial charge in [-0.2, -0.15) is 4.31 Å². The van der Waals surface area contributed by atoms with Crippen molar-refractivity contribution >= 4 is 27.5 Å². The zero-order chi connectivity index (χ0) is 22.6. The third kappa shape index (κ3) is 5.38. The van der Waals surface area contributed by atoms with E-state index in [0.717, 1.165) is 49.1 Å². The zero-order valence-electron chi connectivity index (χ0n) is 18.6. The molecule has 0 radical (unpaired) electrons. The van der Waals surface area contributed by atoms with Gasteiger partial charge >= 0.3 is 0 Å². The number of ether oxygens (including phenoxy) is 1. The molecule has 2 amide bonds. The van der Waals surface area contributed by atoms with Gasteiger partial charge in [0.15, 0.2) is 0 Å². The van der Waals surface area contributed by atoms with Crippen LogP contribution in [0.5, 0.6) is 5.75 Å². The fourth-order valence-corrected chi connectivity index (χ4v) is 5.31. The summed E-state index contributed by atoms with van der Waals surface area (Å²) in [5, 5.41) is 3.13. The van der Waals surface area contributed by atoms with E-state index >= 15 is 0 Å². The number of piperazine rings is 1. The first-order valence-electron chi connectivity index (χ1n) is 10.9. The number of carbonyl (C=O) groups is 2. The van der Waals surface area contributed by atoms with E-state index < -0.39 is 21.5 Å². The molecule has 172 valence electrons. The number of nitrogens with one attached hydrogen (secondary N) is 1. The molecule has 1 saturated heterocycles. The highest BCUT2D eigenvalue weighted by Gasteiger charge is 2.50. The molecule has 1 N–H and O–H groups in total. The molecule has 1 aromatic carbocycles. The molecular formula is C22H33N3O5S. The molecule has 3 rings (SSSR count). The standard InChI is InChI=1S/C22H33N3O5S/c1-22(21(27)23-17-9-7-5-4-6-8-10-17)16-24(31(3,28)29)15-20(26)25(22)18-11-13-19(30-2)14-12-18/h11-14,17H,4-10,15-16H2,1-3H3,(H,23,27)/t22-/m1/s1. The third-order valence-electron chi connectivity index (χ3n) is 6.27. The normalized spacial score (nSPS) is 24.4. The van der Waals surface area contributed by atoms with Crippen LogP contribution in [0, 0.1) is 0 Å². The van der Waals surface area contributed by atoms with Crippen LogP contribution in [0.4, 0.5) is 5.69 Å². The molecule has 1 aromatic rings. The van der Waals surface area contributed by atoms with Crippen LogP contribution >= 0.6 is 0 Å². The first kappa shape index (κ1) is 23.5. The maximum Gasteiger partial charge on any atom is 0.247 e. The van der Waals surface area contributed by atoms with E-state index in [9.17, 15) is 18.0 Å². The summed E-state index contributed by atoms with van der Waals surface area (Å²) in [5.41, 5.74) is -0.829. The van der Waals surface area contributed by atoms with E-state index in [1.165, 1.54) is 11.3 Å². The Morgan fingerprint density at radius 3 is 2.23 bits per heavy atom. The number of hydrogen-bond donors (Lipinski definition) is 1. The first-order valence-corrected chi connectivity index (χ1v) is 12.7. The lowest BCUT2D eigenvalue weighted by atomic mass is 9.92. The number of sulfonamides is 1. The van der Waals surface area contributed by atoms with E-state index in [-0.39, 0.29) is 25.0 Å². The van der Waals surface area contributed by atoms with Crippen LogP contribution < -0.4 is 15.0 Å². The number of methoxy groups -OCH3 is 1. The molecule has 1 atom stereocenters. The molecule has 1 aliphatic heterocycles. The number of carbonyl (C=O) groups excluding carboxylic acids is 2. The van der Waals surface area contributed by atoms with Crippen LogP contribution in [-0.2, 0) is 19.6 Å². The zero-order valence-corrected chi connectivity index (χ0v) is 19.4. The molecule has 9 heteroatoms. The van der Waals surface area contributed by atoms with Crippen LogP contribution in [0.2, 0.25) is 0 Å². The Morgan fingerprint density at radius 1 is 1.10 bits per heavy atom.